The fraction of sp³-hybridized carbons (Fsp3) is 0.350. The molecule has 0 saturated carbocycles. The van der Waals surface area contributed by atoms with Crippen molar-refractivity contribution < 1.29 is 32.3 Å². The number of carbonyl (C=O) groups is 3. The van der Waals surface area contributed by atoms with E-state index in [1.807, 2.05) is 0 Å². The van der Waals surface area contributed by atoms with Crippen LogP contribution < -0.4 is 5.32 Å². The molecule has 3 rings (SSSR count). The van der Waals surface area contributed by atoms with Crippen LogP contribution in [0.5, 0.6) is 0 Å². The number of piperidine rings is 1. The van der Waals surface area contributed by atoms with Gasteiger partial charge in [-0.1, -0.05) is 6.07 Å². The van der Waals surface area contributed by atoms with Gasteiger partial charge in [-0.15, -0.1) is 0 Å². The van der Waals surface area contributed by atoms with Gasteiger partial charge in [0.2, 0.25) is 0 Å². The molecule has 7 nitrogen and oxygen atoms in total. The number of hydrogen-bond acceptors (Lipinski definition) is 5. The zero-order valence-electron chi connectivity index (χ0n) is 15.7. The van der Waals surface area contributed by atoms with Gasteiger partial charge in [0.15, 0.2) is 11.9 Å². The Balaban J connectivity index is 1.50. The third kappa shape index (κ3) is 4.79. The minimum Gasteiger partial charge on any atom is -0.459 e. The molecule has 0 spiro atoms. The quantitative estimate of drug-likeness (QED) is 0.772. The molecule has 1 aliphatic rings. The highest BCUT2D eigenvalue weighted by atomic mass is 19.1. The van der Waals surface area contributed by atoms with Crippen molar-refractivity contribution in [2.75, 3.05) is 18.4 Å². The third-order valence-corrected chi connectivity index (χ3v) is 4.72. The first-order chi connectivity index (χ1) is 13.9. The lowest BCUT2D eigenvalue weighted by molar-refractivity contribution is -0.158. The van der Waals surface area contributed by atoms with Gasteiger partial charge in [-0.2, -0.15) is 0 Å². The summed E-state index contributed by atoms with van der Waals surface area (Å²) in [5.41, 5.74) is -0.592. The molecule has 9 heteroatoms. The van der Waals surface area contributed by atoms with Crippen molar-refractivity contribution in [3.05, 3.63) is 54.0 Å². The lowest BCUT2D eigenvalue weighted by Crippen LogP contribution is -2.41. The molecule has 29 heavy (non-hydrogen) atoms. The Morgan fingerprint density at radius 3 is 2.38 bits per heavy atom. The van der Waals surface area contributed by atoms with Gasteiger partial charge >= 0.3 is 5.97 Å². The van der Waals surface area contributed by atoms with Crippen molar-refractivity contribution in [3.63, 3.8) is 0 Å². The Morgan fingerprint density at radius 2 is 1.79 bits per heavy atom. The third-order valence-electron chi connectivity index (χ3n) is 4.72. The summed E-state index contributed by atoms with van der Waals surface area (Å²) < 4.78 is 37.5. The van der Waals surface area contributed by atoms with Crippen LogP contribution in [-0.2, 0) is 14.3 Å². The van der Waals surface area contributed by atoms with Crippen LogP contribution in [0.25, 0.3) is 0 Å². The standard InChI is InChI=1S/C20H20F2N2O5/c1-12(18(25)23-17-14(21)4-2-5-15(17)22)29-20(27)13-7-9-24(10-8-13)19(26)16-6-3-11-28-16/h2-6,11-13H,7-10H2,1H3,(H,23,25). The molecule has 154 valence electrons. The smallest absolute Gasteiger partial charge is 0.309 e. The Hall–Kier alpha value is -3.23. The van der Waals surface area contributed by atoms with E-state index in [1.165, 1.54) is 19.3 Å². The van der Waals surface area contributed by atoms with Crippen LogP contribution in [0.4, 0.5) is 14.5 Å². The minimum absolute atomic E-state index is 0.233. The van der Waals surface area contributed by atoms with Crippen molar-refractivity contribution in [1.82, 2.24) is 4.90 Å². The average molecular weight is 406 g/mol. The summed E-state index contributed by atoms with van der Waals surface area (Å²) in [7, 11) is 0. The summed E-state index contributed by atoms with van der Waals surface area (Å²) in [6.07, 6.45) is 0.935. The number of ether oxygens (including phenoxy) is 1. The second-order valence-corrected chi connectivity index (χ2v) is 6.71. The molecule has 1 unspecified atom stereocenters. The molecule has 1 atom stereocenters. The molecule has 0 aliphatic carbocycles. The highest BCUT2D eigenvalue weighted by Gasteiger charge is 2.31. The number of hydrogen-bond donors (Lipinski definition) is 1. The molecule has 1 aromatic heterocycles. The molecule has 1 aliphatic heterocycles. The van der Waals surface area contributed by atoms with E-state index in [1.54, 1.807) is 17.0 Å². The topological polar surface area (TPSA) is 88.8 Å². The molecule has 2 amide bonds. The van der Waals surface area contributed by atoms with E-state index in [0.717, 1.165) is 12.1 Å². The van der Waals surface area contributed by atoms with Crippen molar-refractivity contribution >= 4 is 23.5 Å². The summed E-state index contributed by atoms with van der Waals surface area (Å²) in [6.45, 7) is 2.02. The second-order valence-electron chi connectivity index (χ2n) is 6.71. The lowest BCUT2D eigenvalue weighted by atomic mass is 9.97. The van der Waals surface area contributed by atoms with Gasteiger partial charge in [-0.05, 0) is 44.0 Å². The Kier molecular flexibility index (Phi) is 6.26. The number of carbonyl (C=O) groups excluding carboxylic acids is 3. The largest absolute Gasteiger partial charge is 0.459 e. The van der Waals surface area contributed by atoms with E-state index in [9.17, 15) is 23.2 Å². The zero-order chi connectivity index (χ0) is 21.0. The van der Waals surface area contributed by atoms with Crippen LogP contribution in [0.3, 0.4) is 0 Å². The SMILES string of the molecule is CC(OC(=O)C1CCN(C(=O)c2ccco2)CC1)C(=O)Nc1c(F)cccc1F. The number of likely N-dealkylation sites (tertiary alicyclic amines) is 1. The van der Waals surface area contributed by atoms with Crippen molar-refractivity contribution in [1.29, 1.82) is 0 Å². The van der Waals surface area contributed by atoms with Gasteiger partial charge in [0.05, 0.1) is 12.2 Å². The number of nitrogens with one attached hydrogen (secondary N) is 1. The van der Waals surface area contributed by atoms with Crippen molar-refractivity contribution in [2.45, 2.75) is 25.9 Å². The van der Waals surface area contributed by atoms with Crippen LogP contribution in [0.2, 0.25) is 0 Å². The van der Waals surface area contributed by atoms with E-state index >= 15 is 0 Å². The molecular formula is C20H20F2N2O5. The summed E-state index contributed by atoms with van der Waals surface area (Å²) in [4.78, 5) is 38.3. The van der Waals surface area contributed by atoms with Crippen molar-refractivity contribution in [3.8, 4) is 0 Å². The number of halogens is 2. The van der Waals surface area contributed by atoms with Gasteiger partial charge in [0.25, 0.3) is 11.8 Å². The summed E-state index contributed by atoms with van der Waals surface area (Å²) in [5, 5.41) is 2.09. The minimum atomic E-state index is -1.23. The Morgan fingerprint density at radius 1 is 1.14 bits per heavy atom. The van der Waals surface area contributed by atoms with Crippen LogP contribution in [0.15, 0.2) is 41.0 Å². The predicted molar refractivity (Wildman–Crippen MR) is 97.9 cm³/mol. The van der Waals surface area contributed by atoms with Gasteiger partial charge in [-0.25, -0.2) is 8.78 Å². The maximum absolute atomic E-state index is 13.6. The molecular weight excluding hydrogens is 386 g/mol. The summed E-state index contributed by atoms with van der Waals surface area (Å²) in [5.74, 6) is -3.77. The molecule has 1 fully saturated rings. The number of rotatable bonds is 5. The van der Waals surface area contributed by atoms with Gasteiger partial charge in [-0.3, -0.25) is 14.4 Å². The Labute approximate surface area is 165 Å². The molecule has 2 heterocycles. The van der Waals surface area contributed by atoms with Gasteiger partial charge in [0, 0.05) is 13.1 Å². The van der Waals surface area contributed by atoms with Crippen LogP contribution >= 0.6 is 0 Å². The second kappa shape index (κ2) is 8.85. The highest BCUT2D eigenvalue weighted by molar-refractivity contribution is 5.95. The van der Waals surface area contributed by atoms with E-state index in [2.05, 4.69) is 5.32 Å². The highest BCUT2D eigenvalue weighted by Crippen LogP contribution is 2.22. The number of para-hydroxylation sites is 1. The Bertz CT molecular complexity index is 872. The molecule has 1 N–H and O–H groups in total. The number of anilines is 1. The number of furan rings is 1. The number of amides is 2. The number of nitrogens with zero attached hydrogens (tertiary/aromatic N) is 1. The molecule has 0 radical (unpaired) electrons. The van der Waals surface area contributed by atoms with Crippen LogP contribution in [0.1, 0.15) is 30.3 Å². The maximum Gasteiger partial charge on any atom is 0.309 e. The average Bonchev–Trinajstić information content (AvgIpc) is 3.25. The summed E-state index contributed by atoms with van der Waals surface area (Å²) in [6, 6.07) is 6.38. The fourth-order valence-electron chi connectivity index (χ4n) is 3.04. The molecule has 1 aromatic carbocycles. The van der Waals surface area contributed by atoms with Crippen LogP contribution in [0, 0.1) is 17.6 Å². The van der Waals surface area contributed by atoms with E-state index < -0.39 is 41.2 Å². The first-order valence-electron chi connectivity index (χ1n) is 9.15. The molecule has 1 saturated heterocycles. The van der Waals surface area contributed by atoms with Gasteiger partial charge < -0.3 is 19.4 Å². The fourth-order valence-corrected chi connectivity index (χ4v) is 3.04. The zero-order valence-corrected chi connectivity index (χ0v) is 15.7. The maximum atomic E-state index is 13.6. The first-order valence-corrected chi connectivity index (χ1v) is 9.15. The van der Waals surface area contributed by atoms with E-state index in [0.29, 0.717) is 25.9 Å². The van der Waals surface area contributed by atoms with Gasteiger partial charge in [0.1, 0.15) is 17.3 Å². The van der Waals surface area contributed by atoms with E-state index in [4.69, 9.17) is 9.15 Å². The van der Waals surface area contributed by atoms with Crippen LogP contribution in [-0.4, -0.2) is 41.9 Å². The summed E-state index contributed by atoms with van der Waals surface area (Å²) >= 11 is 0. The number of esters is 1. The molecule has 0 bridgehead atoms. The van der Waals surface area contributed by atoms with Crippen molar-refractivity contribution in [2.24, 2.45) is 5.92 Å². The normalized spacial score (nSPS) is 15.6. The predicted octanol–water partition coefficient (Wildman–Crippen LogP) is 2.98. The van der Waals surface area contributed by atoms with E-state index in [-0.39, 0.29) is 11.7 Å². The first kappa shape index (κ1) is 20.5. The molecule has 2 aromatic rings. The number of benzene rings is 1. The monoisotopic (exact) mass is 406 g/mol. The lowest BCUT2D eigenvalue weighted by Gasteiger charge is -2.30.